The Bertz CT molecular complexity index is 28.1. The van der Waals surface area contributed by atoms with Crippen molar-refractivity contribution in [2.75, 3.05) is 0 Å². The normalized spacial score (nSPS) is 7.60. The molecule has 0 rings (SSSR count). The Morgan fingerprint density at radius 3 is 2.00 bits per heavy atom. The first kappa shape index (κ1) is 9.37. The first-order valence-corrected chi connectivity index (χ1v) is 2.04. The third kappa shape index (κ3) is 11.3. The van der Waals surface area contributed by atoms with Gasteiger partial charge in [-0.1, -0.05) is 22.0 Å². The zero-order valence-electron chi connectivity index (χ0n) is 5.24. The summed E-state index contributed by atoms with van der Waals surface area (Å²) in [5.41, 5.74) is 0. The van der Waals surface area contributed by atoms with Crippen molar-refractivity contribution in [3.05, 3.63) is 11.1 Å². The fourth-order valence-corrected chi connectivity index (χ4v) is 0. The predicted molar refractivity (Wildman–Crippen MR) is 31.7 cm³/mol. The molecule has 0 bridgehead atoms. The average molecular weight is 147 g/mol. The van der Waals surface area contributed by atoms with Crippen molar-refractivity contribution in [2.45, 2.75) is 6.92 Å². The first-order chi connectivity index (χ1) is 1.91. The maximum atomic E-state index is 3.07. The molecule has 0 nitrogen and oxygen atoms in total. The van der Waals surface area contributed by atoms with Crippen LogP contribution < -0.4 is 0 Å². The van der Waals surface area contributed by atoms with Crippen LogP contribution in [0.15, 0.2) is 11.1 Å². The topological polar surface area (TPSA) is 0 Å². The molecule has 0 aliphatic heterocycles. The molecule has 0 amide bonds. The third-order valence-corrected chi connectivity index (χ3v) is 0.655. The summed E-state index contributed by atoms with van der Waals surface area (Å²) >= 11 is 3.07. The van der Waals surface area contributed by atoms with Crippen LogP contribution >= 0.6 is 15.9 Å². The van der Waals surface area contributed by atoms with Crippen LogP contribution in [0.1, 0.15) is 9.78 Å². The summed E-state index contributed by atoms with van der Waals surface area (Å²) in [7, 11) is 0. The summed E-state index contributed by atoms with van der Waals surface area (Å²) in [6.07, 6.45) is 1.92. The molecule has 0 atom stereocenters. The fourth-order valence-electron chi connectivity index (χ4n) is 0. The Balaban J connectivity index is -0.0000000150. The molecule has 28 valence electrons. The van der Waals surface area contributed by atoms with E-state index in [1.165, 1.54) is 0 Å². The molecule has 0 N–H and O–H groups in total. The van der Waals surface area contributed by atoms with Gasteiger partial charge in [-0.25, -0.2) is 0 Å². The Morgan fingerprint density at radius 1 is 1.80 bits per heavy atom. The molecule has 0 unspecified atom stereocenters. The van der Waals surface area contributed by atoms with Gasteiger partial charge in [0.1, 0.15) is 0 Å². The van der Waals surface area contributed by atoms with Crippen molar-refractivity contribution in [1.82, 2.24) is 0 Å². The first-order valence-electron chi connectivity index (χ1n) is 1.13. The van der Waals surface area contributed by atoms with Crippen LogP contribution in [-0.4, -0.2) is 23.1 Å². The summed E-state index contributed by atoms with van der Waals surface area (Å²) in [6, 6.07) is 0. The minimum atomic E-state index is 0. The van der Waals surface area contributed by atoms with Gasteiger partial charge in [-0.05, 0) is 11.9 Å². The van der Waals surface area contributed by atoms with Gasteiger partial charge in [0.2, 0.25) is 0 Å². The molecule has 0 saturated carbocycles. The van der Waals surface area contributed by atoms with Crippen LogP contribution in [0.25, 0.3) is 0 Å². The number of allylic oxidation sites excluding steroid dienone is 1. The molecule has 0 spiro atoms. The van der Waals surface area contributed by atoms with E-state index in [4.69, 9.17) is 0 Å². The summed E-state index contributed by atoms with van der Waals surface area (Å²) in [5, 5.41) is 0. The van der Waals surface area contributed by atoms with E-state index in [2.05, 4.69) is 15.9 Å². The number of halogens is 1. The Labute approximate surface area is 59.9 Å². The van der Waals surface area contributed by atoms with Crippen molar-refractivity contribution in [1.29, 1.82) is 0 Å². The number of hydrogen-bond donors (Lipinski definition) is 0. The van der Waals surface area contributed by atoms with Gasteiger partial charge in [0.05, 0.1) is 0 Å². The maximum absolute atomic E-state index is 3.07. The van der Waals surface area contributed by atoms with Crippen molar-refractivity contribution < 1.29 is 2.85 Å². The Kier molecular flexibility index (Phi) is 16.6. The zero-order chi connectivity index (χ0) is 3.41. The van der Waals surface area contributed by atoms with E-state index in [0.29, 0.717) is 0 Å². The molecule has 2 heteroatoms. The molecule has 0 aromatic rings. The second-order valence-corrected chi connectivity index (χ2v) is 0.988. The van der Waals surface area contributed by atoms with Crippen LogP contribution in [0.5, 0.6) is 0 Å². The number of rotatable bonds is 0. The van der Waals surface area contributed by atoms with Crippen LogP contribution in [0.2, 0.25) is 0 Å². The maximum Gasteiger partial charge on any atom is 2.00 e. The van der Waals surface area contributed by atoms with Gasteiger partial charge in [-0.2, -0.15) is 0 Å². The second-order valence-electron chi connectivity index (χ2n) is 0.459. The quantitative estimate of drug-likeness (QED) is 0.458. The van der Waals surface area contributed by atoms with Gasteiger partial charge >= 0.3 is 23.1 Å². The van der Waals surface area contributed by atoms with E-state index in [0.717, 1.165) is 0 Å². The van der Waals surface area contributed by atoms with Crippen LogP contribution in [-0.2, 0) is 0 Å². The number of hydrogen-bond acceptors (Lipinski definition) is 0. The predicted octanol–water partition coefficient (Wildman–Crippen LogP) is 1.76. The minimum Gasteiger partial charge on any atom is -1.00 e. The van der Waals surface area contributed by atoms with Gasteiger partial charge in [-0.15, -0.1) is 0 Å². The van der Waals surface area contributed by atoms with Gasteiger partial charge in [0.25, 0.3) is 0 Å². The van der Waals surface area contributed by atoms with E-state index in [9.17, 15) is 0 Å². The van der Waals surface area contributed by atoms with Gasteiger partial charge in [-0.3, -0.25) is 0 Å². The summed E-state index contributed by atoms with van der Waals surface area (Å²) in [6.45, 7) is 1.95. The monoisotopic (exact) mass is 146 g/mol. The van der Waals surface area contributed by atoms with Gasteiger partial charge < -0.3 is 2.85 Å². The fraction of sp³-hybridized carbons (Fsp3) is 0.333. The standard InChI is InChI=1S/C3H5Br.Mg.2H/c1-2-3-4;;;/h2-3H,1H3;;;/q;+2;2*-1/b3-2-;;;. The molecule has 0 aliphatic carbocycles. The smallest absolute Gasteiger partial charge is 1.00 e. The molecule has 5 heavy (non-hydrogen) atoms. The average Bonchev–Trinajstić information content (AvgIpc) is 1.37. The largest absolute Gasteiger partial charge is 2.00 e. The molecule has 0 saturated heterocycles. The summed E-state index contributed by atoms with van der Waals surface area (Å²) in [4.78, 5) is 1.81. The van der Waals surface area contributed by atoms with Crippen LogP contribution in [0.3, 0.4) is 0 Å². The molecule has 0 heterocycles. The second kappa shape index (κ2) is 8.88. The Morgan fingerprint density at radius 2 is 2.00 bits per heavy atom. The van der Waals surface area contributed by atoms with Crippen molar-refractivity contribution in [3.63, 3.8) is 0 Å². The van der Waals surface area contributed by atoms with Crippen LogP contribution in [0, 0.1) is 0 Å². The van der Waals surface area contributed by atoms with E-state index < -0.39 is 0 Å². The van der Waals surface area contributed by atoms with E-state index >= 15 is 0 Å². The molecule has 0 aromatic heterocycles. The summed E-state index contributed by atoms with van der Waals surface area (Å²) in [5.74, 6) is 0. The SMILES string of the molecule is C/C=C\Br.[H-].[H-].[Mg+2]. The minimum absolute atomic E-state index is 0. The molecular weight excluding hydrogens is 140 g/mol. The summed E-state index contributed by atoms with van der Waals surface area (Å²) < 4.78 is 0. The molecular formula is C3H7BrMg. The van der Waals surface area contributed by atoms with Crippen molar-refractivity contribution in [2.24, 2.45) is 0 Å². The van der Waals surface area contributed by atoms with E-state index in [1.54, 1.807) is 0 Å². The Hall–Kier alpha value is 0.986. The third-order valence-electron chi connectivity index (χ3n) is 0.126. The van der Waals surface area contributed by atoms with E-state index in [1.807, 2.05) is 18.0 Å². The molecule has 0 fully saturated rings. The van der Waals surface area contributed by atoms with Crippen molar-refractivity contribution >= 4 is 39.0 Å². The van der Waals surface area contributed by atoms with E-state index in [-0.39, 0.29) is 25.9 Å². The van der Waals surface area contributed by atoms with Gasteiger partial charge in [0, 0.05) is 0 Å². The molecule has 0 aliphatic rings. The zero-order valence-corrected chi connectivity index (χ0v) is 6.24. The van der Waals surface area contributed by atoms with Gasteiger partial charge in [0.15, 0.2) is 0 Å². The van der Waals surface area contributed by atoms with Crippen molar-refractivity contribution in [3.8, 4) is 0 Å². The van der Waals surface area contributed by atoms with Crippen LogP contribution in [0.4, 0.5) is 0 Å². The molecule has 0 radical (unpaired) electrons. The molecule has 0 aromatic carbocycles.